The molecule has 0 fully saturated rings. The van der Waals surface area contributed by atoms with Crippen molar-refractivity contribution in [3.05, 3.63) is 84.7 Å². The molecule has 4 rings (SSSR count). The maximum absolute atomic E-state index is 13.5. The molecule has 0 spiro atoms. The number of hydrogen-bond donors (Lipinski definition) is 2. The van der Waals surface area contributed by atoms with Gasteiger partial charge < -0.3 is 10.0 Å². The lowest BCUT2D eigenvalue weighted by molar-refractivity contribution is 0.628. The van der Waals surface area contributed by atoms with Gasteiger partial charge in [-0.1, -0.05) is 36.4 Å². The van der Waals surface area contributed by atoms with E-state index in [-0.39, 0.29) is 5.82 Å². The topological polar surface area (TPSA) is 49.8 Å². The van der Waals surface area contributed by atoms with Crippen LogP contribution in [0.2, 0.25) is 0 Å². The molecule has 4 nitrogen and oxygen atoms in total. The van der Waals surface area contributed by atoms with Crippen molar-refractivity contribution in [1.82, 2.24) is 9.97 Å². The predicted octanol–water partition coefficient (Wildman–Crippen LogP) is 5.63. The molecule has 0 atom stereocenters. The van der Waals surface area contributed by atoms with Crippen LogP contribution in [0.4, 0.5) is 21.7 Å². The average molecular weight is 362 g/mol. The molecule has 0 saturated carbocycles. The van der Waals surface area contributed by atoms with Crippen LogP contribution in [-0.4, -0.2) is 9.97 Å². The smallest absolute Gasteiger partial charge is 0.180 e. The lowest BCUT2D eigenvalue weighted by atomic mass is 10.3. The molecule has 1 heterocycles. The van der Waals surface area contributed by atoms with E-state index in [2.05, 4.69) is 20.0 Å². The number of nitrogens with one attached hydrogen (secondary N) is 2. The zero-order chi connectivity index (χ0) is 17.8. The minimum atomic E-state index is -0.308. The molecule has 0 saturated heterocycles. The highest BCUT2D eigenvalue weighted by molar-refractivity contribution is 8.00. The first-order valence-corrected chi connectivity index (χ1v) is 8.87. The van der Waals surface area contributed by atoms with Crippen molar-refractivity contribution >= 4 is 40.3 Å². The van der Waals surface area contributed by atoms with Crippen molar-refractivity contribution in [2.45, 2.75) is 4.90 Å². The van der Waals surface area contributed by atoms with Crippen LogP contribution < -0.4 is 10.0 Å². The van der Waals surface area contributed by atoms with Crippen molar-refractivity contribution in [3.63, 3.8) is 0 Å². The molecule has 0 amide bonds. The fourth-order valence-electron chi connectivity index (χ4n) is 2.46. The van der Waals surface area contributed by atoms with Crippen molar-refractivity contribution in [3.8, 4) is 0 Å². The summed E-state index contributed by atoms with van der Waals surface area (Å²) in [5, 5.41) is 3.15. The summed E-state index contributed by atoms with van der Waals surface area (Å²) in [4.78, 5) is 10.4. The van der Waals surface area contributed by atoms with Gasteiger partial charge in [-0.3, -0.25) is 0 Å². The van der Waals surface area contributed by atoms with Crippen LogP contribution >= 0.6 is 11.9 Å². The first-order valence-electron chi connectivity index (χ1n) is 8.05. The summed E-state index contributed by atoms with van der Waals surface area (Å²) >= 11 is 1.44. The summed E-state index contributed by atoms with van der Waals surface area (Å²) in [7, 11) is 0. The average Bonchev–Trinajstić information content (AvgIpc) is 2.67. The van der Waals surface area contributed by atoms with Gasteiger partial charge in [-0.25, -0.2) is 14.4 Å². The third-order valence-electron chi connectivity index (χ3n) is 3.67. The molecule has 128 valence electrons. The molecule has 3 aromatic carbocycles. The number of benzene rings is 3. The Labute approximate surface area is 154 Å². The molecule has 6 heteroatoms. The van der Waals surface area contributed by atoms with Crippen LogP contribution in [0.5, 0.6) is 0 Å². The molecule has 0 unspecified atom stereocenters. The van der Waals surface area contributed by atoms with Crippen LogP contribution in [0.1, 0.15) is 0 Å². The third kappa shape index (κ3) is 3.75. The molecule has 0 aliphatic rings. The van der Waals surface area contributed by atoms with E-state index in [1.165, 1.54) is 24.1 Å². The SMILES string of the molecule is Fc1cccc(Nc2nc3ccccc3nc2NSc2ccccc2)c1. The van der Waals surface area contributed by atoms with Crippen LogP contribution in [0.15, 0.2) is 83.8 Å². The van der Waals surface area contributed by atoms with Gasteiger partial charge in [0.25, 0.3) is 0 Å². The highest BCUT2D eigenvalue weighted by atomic mass is 32.2. The van der Waals surface area contributed by atoms with Crippen molar-refractivity contribution < 1.29 is 4.39 Å². The minimum Gasteiger partial charge on any atom is -0.337 e. The summed E-state index contributed by atoms with van der Waals surface area (Å²) in [5.41, 5.74) is 2.16. The van der Waals surface area contributed by atoms with E-state index in [0.717, 1.165) is 15.9 Å². The summed E-state index contributed by atoms with van der Waals surface area (Å²) in [6.45, 7) is 0. The molecule has 0 aliphatic heterocycles. The fraction of sp³-hybridized carbons (Fsp3) is 0. The number of rotatable bonds is 5. The van der Waals surface area contributed by atoms with Gasteiger partial charge in [-0.2, -0.15) is 0 Å². The van der Waals surface area contributed by atoms with Gasteiger partial charge in [0, 0.05) is 10.6 Å². The van der Waals surface area contributed by atoms with Gasteiger partial charge in [-0.05, 0) is 54.4 Å². The van der Waals surface area contributed by atoms with Crippen LogP contribution in [-0.2, 0) is 0 Å². The van der Waals surface area contributed by atoms with Gasteiger partial charge >= 0.3 is 0 Å². The predicted molar refractivity (Wildman–Crippen MR) is 105 cm³/mol. The Morgan fingerprint density at radius 1 is 0.731 bits per heavy atom. The highest BCUT2D eigenvalue weighted by Gasteiger charge is 2.10. The van der Waals surface area contributed by atoms with Crippen LogP contribution in [0.25, 0.3) is 11.0 Å². The van der Waals surface area contributed by atoms with Gasteiger partial charge in [-0.15, -0.1) is 0 Å². The Bertz CT molecular complexity index is 1040. The molecule has 4 aromatic rings. The molecule has 1 aromatic heterocycles. The number of fused-ring (bicyclic) bond motifs is 1. The second-order valence-corrected chi connectivity index (χ2v) is 6.44. The maximum atomic E-state index is 13.5. The number of para-hydroxylation sites is 2. The molecule has 0 aliphatic carbocycles. The Hall–Kier alpha value is -3.12. The largest absolute Gasteiger partial charge is 0.337 e. The van der Waals surface area contributed by atoms with Gasteiger partial charge in [0.2, 0.25) is 0 Å². The van der Waals surface area contributed by atoms with Crippen LogP contribution in [0.3, 0.4) is 0 Å². The van der Waals surface area contributed by atoms with Crippen molar-refractivity contribution in [2.24, 2.45) is 0 Å². The summed E-state index contributed by atoms with van der Waals surface area (Å²) in [5.74, 6) is 0.816. The molecule has 26 heavy (non-hydrogen) atoms. The number of aromatic nitrogens is 2. The van der Waals surface area contributed by atoms with Crippen molar-refractivity contribution in [2.75, 3.05) is 10.0 Å². The van der Waals surface area contributed by atoms with E-state index in [4.69, 9.17) is 0 Å². The molecule has 0 radical (unpaired) electrons. The van der Waals surface area contributed by atoms with E-state index in [9.17, 15) is 4.39 Å². The molecular weight excluding hydrogens is 347 g/mol. The highest BCUT2D eigenvalue weighted by Crippen LogP contribution is 2.29. The van der Waals surface area contributed by atoms with Gasteiger partial charge in [0.1, 0.15) is 5.82 Å². The van der Waals surface area contributed by atoms with E-state index in [0.29, 0.717) is 17.3 Å². The molecule has 2 N–H and O–H groups in total. The van der Waals surface area contributed by atoms with Crippen LogP contribution in [0, 0.1) is 5.82 Å². The minimum absolute atomic E-state index is 0.308. The lowest BCUT2D eigenvalue weighted by Crippen LogP contribution is -2.02. The standard InChI is InChI=1S/C20H15FN4S/c21-14-7-6-8-15(13-14)22-19-20(25-26-16-9-2-1-3-10-16)24-18-12-5-4-11-17(18)23-19/h1-13H,(H,22,23)(H,24,25). The first kappa shape index (κ1) is 16.4. The summed E-state index contributed by atoms with van der Waals surface area (Å²) < 4.78 is 16.7. The second kappa shape index (κ2) is 7.41. The van der Waals surface area contributed by atoms with Crippen molar-refractivity contribution in [1.29, 1.82) is 0 Å². The van der Waals surface area contributed by atoms with E-state index in [1.54, 1.807) is 12.1 Å². The zero-order valence-electron chi connectivity index (χ0n) is 13.7. The van der Waals surface area contributed by atoms with Gasteiger partial charge in [0.05, 0.1) is 11.0 Å². The van der Waals surface area contributed by atoms with E-state index < -0.39 is 0 Å². The van der Waals surface area contributed by atoms with Gasteiger partial charge in [0.15, 0.2) is 11.6 Å². The van der Waals surface area contributed by atoms with E-state index >= 15 is 0 Å². The normalized spacial score (nSPS) is 10.7. The molecule has 0 bridgehead atoms. The quantitative estimate of drug-likeness (QED) is 0.451. The van der Waals surface area contributed by atoms with E-state index in [1.807, 2.05) is 54.6 Å². The Morgan fingerprint density at radius 3 is 2.15 bits per heavy atom. The lowest BCUT2D eigenvalue weighted by Gasteiger charge is -2.13. The summed E-state index contributed by atoms with van der Waals surface area (Å²) in [6.07, 6.45) is 0. The number of halogens is 1. The maximum Gasteiger partial charge on any atom is 0.180 e. The fourth-order valence-corrected chi connectivity index (χ4v) is 3.11. The molecular formula is C20H15FN4S. The monoisotopic (exact) mass is 362 g/mol. The Balaban J connectivity index is 1.68. The number of nitrogens with zero attached hydrogens (tertiary/aromatic N) is 2. The second-order valence-electron chi connectivity index (χ2n) is 5.56. The zero-order valence-corrected chi connectivity index (χ0v) is 14.5. The third-order valence-corrected chi connectivity index (χ3v) is 4.47. The Morgan fingerprint density at radius 2 is 1.42 bits per heavy atom. The first-order chi connectivity index (χ1) is 12.8. The summed E-state index contributed by atoms with van der Waals surface area (Å²) in [6, 6.07) is 23.8. The number of anilines is 3. The Kier molecular flexibility index (Phi) is 4.66. The number of hydrogen-bond acceptors (Lipinski definition) is 5.